The molecule has 5 heterocycles. The van der Waals surface area contributed by atoms with Crippen molar-refractivity contribution in [2.45, 2.75) is 45.2 Å². The predicted octanol–water partition coefficient (Wildman–Crippen LogP) is 14.6. The molecule has 0 atom stereocenters. The summed E-state index contributed by atoms with van der Waals surface area (Å²) in [6, 6.07) is 54.5. The van der Waals surface area contributed by atoms with Crippen LogP contribution in [0.1, 0.15) is 39.5 Å². The summed E-state index contributed by atoms with van der Waals surface area (Å²) in [4.78, 5) is 24.9. The van der Waals surface area contributed by atoms with Gasteiger partial charge in [0.25, 0.3) is 0 Å². The van der Waals surface area contributed by atoms with Crippen molar-refractivity contribution >= 4 is 103 Å². The van der Waals surface area contributed by atoms with Gasteiger partial charge in [-0.1, -0.05) is 97.1 Å². The molecular formula is C55H43BrN6O2. The Morgan fingerprint density at radius 2 is 0.906 bits per heavy atom. The number of fused-ring (bicyclic) bond motifs is 10. The van der Waals surface area contributed by atoms with E-state index in [0.29, 0.717) is 0 Å². The molecule has 8 aromatic carbocycles. The van der Waals surface area contributed by atoms with E-state index in [0.717, 1.165) is 65.6 Å². The molecule has 0 aliphatic carbocycles. The summed E-state index contributed by atoms with van der Waals surface area (Å²) in [5, 5.41) is 9.97. The average molecular weight is 900 g/mol. The number of aromatic amines is 2. The fourth-order valence-corrected chi connectivity index (χ4v) is 8.82. The molecule has 2 N–H and O–H groups in total. The second-order valence-corrected chi connectivity index (χ2v) is 18.1. The molecule has 0 amide bonds. The quantitative estimate of drug-likeness (QED) is 0.179. The fourth-order valence-electron chi connectivity index (χ4n) is 8.52. The van der Waals surface area contributed by atoms with Gasteiger partial charge in [-0.15, -0.1) is 0 Å². The lowest BCUT2D eigenvalue weighted by Gasteiger charge is -2.30. The summed E-state index contributed by atoms with van der Waals surface area (Å²) < 4.78 is 13.2. The van der Waals surface area contributed by atoms with Gasteiger partial charge in [0.2, 0.25) is 0 Å². The van der Waals surface area contributed by atoms with E-state index in [-0.39, 0.29) is 17.5 Å². The van der Waals surface area contributed by atoms with Gasteiger partial charge in [-0.25, -0.2) is 9.97 Å². The van der Waals surface area contributed by atoms with Crippen molar-refractivity contribution in [3.63, 3.8) is 0 Å². The Kier molecular flexibility index (Phi) is 9.72. The summed E-state index contributed by atoms with van der Waals surface area (Å²) in [6.07, 6.45) is 3.21. The first-order chi connectivity index (χ1) is 31.0. The molecular weight excluding hydrogens is 857 g/mol. The number of benzene rings is 8. The highest BCUT2D eigenvalue weighted by Crippen LogP contribution is 2.45. The van der Waals surface area contributed by atoms with Crippen LogP contribution in [-0.2, 0) is 9.47 Å². The average Bonchev–Trinajstić information content (AvgIpc) is 3.93. The van der Waals surface area contributed by atoms with Gasteiger partial charge < -0.3 is 19.4 Å². The summed E-state index contributed by atoms with van der Waals surface area (Å²) in [5.74, 6) is 0. The zero-order valence-electron chi connectivity index (χ0n) is 35.7. The number of rotatable bonds is 2. The van der Waals surface area contributed by atoms with Crippen LogP contribution in [-0.4, -0.2) is 41.1 Å². The maximum Gasteiger partial charge on any atom is 0.185 e. The first-order valence-corrected chi connectivity index (χ1v) is 22.2. The van der Waals surface area contributed by atoms with Crippen LogP contribution in [0.15, 0.2) is 175 Å². The molecule has 0 saturated carbocycles. The van der Waals surface area contributed by atoms with E-state index in [1.807, 2.05) is 54.7 Å². The Morgan fingerprint density at radius 1 is 0.453 bits per heavy atom. The number of ether oxygens (including phenoxy) is 2. The molecule has 1 aliphatic heterocycles. The first-order valence-electron chi connectivity index (χ1n) is 21.4. The second-order valence-electron chi connectivity index (χ2n) is 17.3. The van der Waals surface area contributed by atoms with Crippen molar-refractivity contribution in [1.82, 2.24) is 29.9 Å². The Labute approximate surface area is 377 Å². The molecule has 1 fully saturated rings. The number of aromatic nitrogens is 6. The standard InChI is InChI=1S/C24H15N3.C23H23NO2.C8H5BrN2/c1-2-6-16-12-23-19(11-15(16)5-1)18-10-9-17(13-22(18)27-23)24-14-25-20-7-3-4-8-21(20)26-24;1-22(2)23(3,4)26-21(25-22)16-9-10-17-18-11-14-7-5-6-8-15(14)12-20(18)24-19(17)13-16;9-8-5-10-6-3-1-2-4-7(6)11-8/h1-14,27H;5-13,21,24H,1-4H3;1-5H. The van der Waals surface area contributed by atoms with Crippen LogP contribution in [0.2, 0.25) is 0 Å². The van der Waals surface area contributed by atoms with Crippen LogP contribution in [0.5, 0.6) is 0 Å². The highest BCUT2D eigenvalue weighted by molar-refractivity contribution is 9.10. The molecule has 0 bridgehead atoms. The van der Waals surface area contributed by atoms with Gasteiger partial charge in [-0.3, -0.25) is 9.97 Å². The highest BCUT2D eigenvalue weighted by Gasteiger charge is 2.49. The van der Waals surface area contributed by atoms with Crippen LogP contribution in [0.4, 0.5) is 0 Å². The third kappa shape index (κ3) is 7.31. The molecule has 8 nitrogen and oxygen atoms in total. The third-order valence-electron chi connectivity index (χ3n) is 12.6. The van der Waals surface area contributed by atoms with Crippen molar-refractivity contribution in [1.29, 1.82) is 0 Å². The number of para-hydroxylation sites is 4. The van der Waals surface area contributed by atoms with Crippen molar-refractivity contribution in [3.8, 4) is 11.3 Å². The number of nitrogens with zero attached hydrogens (tertiary/aromatic N) is 4. The Bertz CT molecular complexity index is 3730. The summed E-state index contributed by atoms with van der Waals surface area (Å²) in [7, 11) is 0. The zero-order valence-corrected chi connectivity index (χ0v) is 37.3. The Balaban J connectivity index is 0.000000116. The van der Waals surface area contributed by atoms with Gasteiger partial charge >= 0.3 is 0 Å². The molecule has 1 saturated heterocycles. The number of halogens is 1. The molecule has 4 aromatic heterocycles. The molecule has 1 aliphatic rings. The fraction of sp³-hybridized carbons (Fsp3) is 0.127. The van der Waals surface area contributed by atoms with Gasteiger partial charge in [-0.05, 0) is 126 Å². The van der Waals surface area contributed by atoms with Gasteiger partial charge in [-0.2, -0.15) is 0 Å². The maximum absolute atomic E-state index is 6.20. The Morgan fingerprint density at radius 3 is 1.48 bits per heavy atom. The van der Waals surface area contributed by atoms with Crippen LogP contribution >= 0.6 is 15.9 Å². The smallest absolute Gasteiger partial charge is 0.185 e. The van der Waals surface area contributed by atoms with Crippen LogP contribution in [0.25, 0.3) is 98.5 Å². The number of H-pyrrole nitrogens is 2. The monoisotopic (exact) mass is 898 g/mol. The lowest BCUT2D eigenvalue weighted by atomic mass is 9.90. The van der Waals surface area contributed by atoms with E-state index in [4.69, 9.17) is 14.5 Å². The van der Waals surface area contributed by atoms with Crippen molar-refractivity contribution in [3.05, 3.63) is 180 Å². The number of nitrogens with one attached hydrogen (secondary N) is 2. The largest absolute Gasteiger partial charge is 0.354 e. The number of hydrogen-bond donors (Lipinski definition) is 2. The van der Waals surface area contributed by atoms with E-state index in [2.05, 4.69) is 178 Å². The molecule has 64 heavy (non-hydrogen) atoms. The first kappa shape index (κ1) is 39.8. The lowest BCUT2D eigenvalue weighted by Crippen LogP contribution is -2.41. The molecule has 312 valence electrons. The van der Waals surface area contributed by atoms with Crippen molar-refractivity contribution in [2.75, 3.05) is 0 Å². The zero-order chi connectivity index (χ0) is 43.6. The van der Waals surface area contributed by atoms with Gasteiger partial charge in [0.15, 0.2) is 6.29 Å². The van der Waals surface area contributed by atoms with Crippen molar-refractivity contribution < 1.29 is 9.47 Å². The Hall–Kier alpha value is -7.04. The normalized spacial score (nSPS) is 14.7. The molecule has 9 heteroatoms. The van der Waals surface area contributed by atoms with Crippen LogP contribution < -0.4 is 0 Å². The van der Waals surface area contributed by atoms with E-state index in [9.17, 15) is 0 Å². The summed E-state index contributed by atoms with van der Waals surface area (Å²) in [6.45, 7) is 8.33. The minimum Gasteiger partial charge on any atom is -0.354 e. The summed E-state index contributed by atoms with van der Waals surface area (Å²) in [5.41, 5.74) is 10.6. The second kappa shape index (κ2) is 15.6. The highest BCUT2D eigenvalue weighted by atomic mass is 79.9. The van der Waals surface area contributed by atoms with Gasteiger partial charge in [0.05, 0.1) is 51.4 Å². The number of hydrogen-bond acceptors (Lipinski definition) is 6. The third-order valence-corrected chi connectivity index (χ3v) is 13.0. The predicted molar refractivity (Wildman–Crippen MR) is 265 cm³/mol. The molecule has 12 aromatic rings. The van der Waals surface area contributed by atoms with Crippen LogP contribution in [0, 0.1) is 0 Å². The maximum atomic E-state index is 6.20. The van der Waals surface area contributed by atoms with Gasteiger partial charge in [0, 0.05) is 54.7 Å². The minimum absolute atomic E-state index is 0.329. The van der Waals surface area contributed by atoms with E-state index >= 15 is 0 Å². The van der Waals surface area contributed by atoms with E-state index in [1.54, 1.807) is 6.20 Å². The lowest BCUT2D eigenvalue weighted by molar-refractivity contribution is -0.0895. The van der Waals surface area contributed by atoms with Crippen LogP contribution in [0.3, 0.4) is 0 Å². The molecule has 0 unspecified atom stereocenters. The van der Waals surface area contributed by atoms with E-state index in [1.165, 1.54) is 43.1 Å². The topological polar surface area (TPSA) is 102 Å². The van der Waals surface area contributed by atoms with Gasteiger partial charge in [0.1, 0.15) is 4.60 Å². The van der Waals surface area contributed by atoms with E-state index < -0.39 is 0 Å². The summed E-state index contributed by atoms with van der Waals surface area (Å²) >= 11 is 3.26. The van der Waals surface area contributed by atoms with Crippen molar-refractivity contribution in [2.24, 2.45) is 0 Å². The SMILES string of the molecule is Brc1cnc2ccccc2n1.CC1(C)OC(c2ccc3c(c2)[nH]c2cc4ccccc4cc23)OC1(C)C.c1ccc2cc3c(cc2c1)[nH]c1cc(-c2cnc4ccccc4n2)ccc13. The molecule has 13 rings (SSSR count). The molecule has 0 spiro atoms. The molecule has 0 radical (unpaired) electrons. The minimum atomic E-state index is -0.338.